The highest BCUT2D eigenvalue weighted by atomic mass is 32.2. The Bertz CT molecular complexity index is 355. The Kier molecular flexibility index (Phi) is 3.71. The van der Waals surface area contributed by atoms with Crippen LogP contribution in [0.1, 0.15) is 5.76 Å². The second-order valence-corrected chi connectivity index (χ2v) is 5.55. The molecule has 1 N–H and O–H groups in total. The van der Waals surface area contributed by atoms with Crippen molar-refractivity contribution >= 4 is 9.84 Å². The lowest BCUT2D eigenvalue weighted by Gasteiger charge is -2.12. The maximum atomic E-state index is 11.1. The first-order chi connectivity index (χ1) is 6.51. The van der Waals surface area contributed by atoms with Crippen molar-refractivity contribution in [1.29, 1.82) is 0 Å². The van der Waals surface area contributed by atoms with Gasteiger partial charge in [-0.2, -0.15) is 0 Å². The highest BCUT2D eigenvalue weighted by molar-refractivity contribution is 7.90. The van der Waals surface area contributed by atoms with Gasteiger partial charge in [0.25, 0.3) is 0 Å². The van der Waals surface area contributed by atoms with Crippen LogP contribution in [0.25, 0.3) is 0 Å². The van der Waals surface area contributed by atoms with Crippen LogP contribution in [0, 0.1) is 0 Å². The van der Waals surface area contributed by atoms with E-state index in [1.165, 1.54) is 6.26 Å². The molecule has 0 radical (unpaired) electrons. The summed E-state index contributed by atoms with van der Waals surface area (Å²) in [5, 5.41) is 2.96. The van der Waals surface area contributed by atoms with Gasteiger partial charge in [-0.3, -0.25) is 0 Å². The minimum absolute atomic E-state index is 0.0869. The number of sulfone groups is 1. The van der Waals surface area contributed by atoms with Gasteiger partial charge >= 0.3 is 0 Å². The molecule has 0 amide bonds. The molecule has 1 unspecified atom stereocenters. The van der Waals surface area contributed by atoms with E-state index in [2.05, 4.69) is 5.32 Å². The third-order valence-corrected chi connectivity index (χ3v) is 2.95. The minimum atomic E-state index is -2.94. The monoisotopic (exact) mass is 217 g/mol. The van der Waals surface area contributed by atoms with E-state index in [1.54, 1.807) is 19.4 Å². The van der Waals surface area contributed by atoms with E-state index in [0.717, 1.165) is 5.76 Å². The number of furan rings is 1. The summed E-state index contributed by atoms with van der Waals surface area (Å²) in [7, 11) is -1.19. The molecule has 1 rings (SSSR count). The van der Waals surface area contributed by atoms with Gasteiger partial charge in [-0.25, -0.2) is 8.42 Å². The molecule has 1 heterocycles. The van der Waals surface area contributed by atoms with Gasteiger partial charge in [-0.15, -0.1) is 0 Å². The first-order valence-corrected chi connectivity index (χ1v) is 6.44. The van der Waals surface area contributed by atoms with E-state index in [1.807, 2.05) is 6.07 Å². The van der Waals surface area contributed by atoms with Crippen LogP contribution >= 0.6 is 0 Å². The summed E-state index contributed by atoms with van der Waals surface area (Å²) in [4.78, 5) is 0. The van der Waals surface area contributed by atoms with Crippen molar-refractivity contribution in [2.75, 3.05) is 19.1 Å². The Morgan fingerprint density at radius 3 is 2.71 bits per heavy atom. The fourth-order valence-corrected chi connectivity index (χ4v) is 2.30. The average Bonchev–Trinajstić information content (AvgIpc) is 2.53. The summed E-state index contributed by atoms with van der Waals surface area (Å²) < 4.78 is 27.3. The van der Waals surface area contributed by atoms with Crippen molar-refractivity contribution in [3.63, 3.8) is 0 Å². The Morgan fingerprint density at radius 2 is 2.29 bits per heavy atom. The molecule has 0 spiro atoms. The van der Waals surface area contributed by atoms with E-state index in [4.69, 9.17) is 4.42 Å². The molecule has 14 heavy (non-hydrogen) atoms. The smallest absolute Gasteiger partial charge is 0.148 e. The first-order valence-electron chi connectivity index (χ1n) is 4.38. The normalized spacial score (nSPS) is 14.1. The topological polar surface area (TPSA) is 59.3 Å². The van der Waals surface area contributed by atoms with Crippen LogP contribution in [0.3, 0.4) is 0 Å². The maximum absolute atomic E-state index is 11.1. The third kappa shape index (κ3) is 3.93. The van der Waals surface area contributed by atoms with E-state index in [0.29, 0.717) is 6.42 Å². The van der Waals surface area contributed by atoms with Crippen LogP contribution in [0.15, 0.2) is 22.8 Å². The Morgan fingerprint density at radius 1 is 1.57 bits per heavy atom. The lowest BCUT2D eigenvalue weighted by Crippen LogP contribution is -2.34. The molecule has 0 aliphatic heterocycles. The van der Waals surface area contributed by atoms with E-state index in [-0.39, 0.29) is 11.8 Å². The molecule has 1 aromatic rings. The predicted molar refractivity (Wildman–Crippen MR) is 55.0 cm³/mol. The van der Waals surface area contributed by atoms with Gasteiger partial charge in [0.1, 0.15) is 15.6 Å². The summed E-state index contributed by atoms with van der Waals surface area (Å²) in [6, 6.07) is 3.55. The fourth-order valence-electron chi connectivity index (χ4n) is 1.28. The van der Waals surface area contributed by atoms with Crippen LogP contribution < -0.4 is 5.32 Å². The zero-order valence-electron chi connectivity index (χ0n) is 8.36. The Hall–Kier alpha value is -0.810. The van der Waals surface area contributed by atoms with Crippen LogP contribution in [-0.4, -0.2) is 33.5 Å². The van der Waals surface area contributed by atoms with Crippen molar-refractivity contribution < 1.29 is 12.8 Å². The first kappa shape index (κ1) is 11.3. The summed E-state index contributed by atoms with van der Waals surface area (Å²) >= 11 is 0. The minimum Gasteiger partial charge on any atom is -0.469 e. The lowest BCUT2D eigenvalue weighted by atomic mass is 10.2. The van der Waals surface area contributed by atoms with Crippen LogP contribution in [0.5, 0.6) is 0 Å². The quantitative estimate of drug-likeness (QED) is 0.778. The molecule has 0 aliphatic rings. The molecule has 1 aromatic heterocycles. The van der Waals surface area contributed by atoms with Crippen molar-refractivity contribution in [1.82, 2.24) is 5.32 Å². The van der Waals surface area contributed by atoms with Gasteiger partial charge in [0, 0.05) is 18.7 Å². The zero-order valence-corrected chi connectivity index (χ0v) is 9.17. The van der Waals surface area contributed by atoms with Crippen molar-refractivity contribution in [2.45, 2.75) is 12.5 Å². The molecule has 0 bridgehead atoms. The van der Waals surface area contributed by atoms with E-state index >= 15 is 0 Å². The molecule has 0 saturated carbocycles. The molecule has 5 heteroatoms. The van der Waals surface area contributed by atoms with Gasteiger partial charge < -0.3 is 9.73 Å². The van der Waals surface area contributed by atoms with Gasteiger partial charge in [0.2, 0.25) is 0 Å². The van der Waals surface area contributed by atoms with Crippen molar-refractivity contribution in [3.05, 3.63) is 24.2 Å². The SMILES string of the molecule is CNC(Cc1ccco1)CS(C)(=O)=O. The van der Waals surface area contributed by atoms with Gasteiger partial charge in [0.15, 0.2) is 0 Å². The molecule has 0 aliphatic carbocycles. The second-order valence-electron chi connectivity index (χ2n) is 3.36. The number of rotatable bonds is 5. The molecule has 1 atom stereocenters. The Labute approximate surface area is 84.2 Å². The molecular formula is C9H15NO3S. The van der Waals surface area contributed by atoms with E-state index < -0.39 is 9.84 Å². The Balaban J connectivity index is 2.56. The van der Waals surface area contributed by atoms with Gasteiger partial charge in [0.05, 0.1) is 12.0 Å². The molecule has 0 aromatic carbocycles. The number of hydrogen-bond donors (Lipinski definition) is 1. The largest absolute Gasteiger partial charge is 0.469 e. The summed E-state index contributed by atoms with van der Waals surface area (Å²) in [6.07, 6.45) is 3.42. The van der Waals surface area contributed by atoms with Crippen LogP contribution in [0.2, 0.25) is 0 Å². The summed E-state index contributed by atoms with van der Waals surface area (Å²) in [5.41, 5.74) is 0. The van der Waals surface area contributed by atoms with Gasteiger partial charge in [-0.1, -0.05) is 0 Å². The number of nitrogens with one attached hydrogen (secondary N) is 1. The zero-order chi connectivity index (χ0) is 10.6. The average molecular weight is 217 g/mol. The standard InChI is InChI=1S/C9H15NO3S/c1-10-8(7-14(2,11)12)6-9-4-3-5-13-9/h3-5,8,10H,6-7H2,1-2H3. The molecule has 80 valence electrons. The van der Waals surface area contributed by atoms with Crippen molar-refractivity contribution in [2.24, 2.45) is 0 Å². The lowest BCUT2D eigenvalue weighted by molar-refractivity contribution is 0.471. The molecular weight excluding hydrogens is 202 g/mol. The second kappa shape index (κ2) is 4.61. The van der Waals surface area contributed by atoms with Crippen LogP contribution in [0.4, 0.5) is 0 Å². The summed E-state index contributed by atoms with van der Waals surface area (Å²) in [5.74, 6) is 0.928. The van der Waals surface area contributed by atoms with Crippen LogP contribution in [-0.2, 0) is 16.3 Å². The predicted octanol–water partition coefficient (Wildman–Crippen LogP) is 0.455. The van der Waals surface area contributed by atoms with Gasteiger partial charge in [-0.05, 0) is 19.2 Å². The van der Waals surface area contributed by atoms with Crippen molar-refractivity contribution in [3.8, 4) is 0 Å². The highest BCUT2D eigenvalue weighted by Crippen LogP contribution is 2.05. The molecule has 0 fully saturated rings. The molecule has 4 nitrogen and oxygen atoms in total. The van der Waals surface area contributed by atoms with E-state index in [9.17, 15) is 8.42 Å². The third-order valence-electron chi connectivity index (χ3n) is 1.94. The fraction of sp³-hybridized carbons (Fsp3) is 0.556. The molecule has 0 saturated heterocycles. The number of hydrogen-bond acceptors (Lipinski definition) is 4. The maximum Gasteiger partial charge on any atom is 0.148 e. The summed E-state index contributed by atoms with van der Waals surface area (Å²) in [6.45, 7) is 0. The number of likely N-dealkylation sites (N-methyl/N-ethyl adjacent to an activating group) is 1. The highest BCUT2D eigenvalue weighted by Gasteiger charge is 2.14.